The monoisotopic (exact) mass is 333 g/mol. The van der Waals surface area contributed by atoms with Gasteiger partial charge in [0.15, 0.2) is 9.84 Å². The highest BCUT2D eigenvalue weighted by Gasteiger charge is 2.22. The predicted molar refractivity (Wildman–Crippen MR) is 80.4 cm³/mol. The second kappa shape index (κ2) is 5.61. The number of alkyl halides is 1. The molecule has 5 heteroatoms. The van der Waals surface area contributed by atoms with Crippen LogP contribution >= 0.6 is 15.9 Å². The van der Waals surface area contributed by atoms with Gasteiger partial charge in [0.05, 0.1) is 10.6 Å². The van der Waals surface area contributed by atoms with Gasteiger partial charge in [-0.25, -0.2) is 8.42 Å². The molecule has 0 fully saturated rings. The second-order valence-electron chi connectivity index (χ2n) is 4.90. The molecule has 1 aromatic carbocycles. The Bertz CT molecular complexity index is 494. The molecule has 0 amide bonds. The highest BCUT2D eigenvalue weighted by atomic mass is 79.9. The molecule has 0 radical (unpaired) electrons. The van der Waals surface area contributed by atoms with E-state index in [1.807, 2.05) is 19.2 Å². The van der Waals surface area contributed by atoms with E-state index in [1.165, 1.54) is 0 Å². The Morgan fingerprint density at radius 3 is 2.11 bits per heavy atom. The molecule has 3 nitrogen and oxygen atoms in total. The first kappa shape index (κ1) is 15.5. The van der Waals surface area contributed by atoms with Gasteiger partial charge in [0.1, 0.15) is 0 Å². The van der Waals surface area contributed by atoms with Gasteiger partial charge in [-0.15, -0.1) is 0 Å². The van der Waals surface area contributed by atoms with Crippen LogP contribution in [0.5, 0.6) is 0 Å². The van der Waals surface area contributed by atoms with Gasteiger partial charge < -0.3 is 4.90 Å². The maximum Gasteiger partial charge on any atom is 0.178 e. The summed E-state index contributed by atoms with van der Waals surface area (Å²) in [5, 5.41) is 0.839. The van der Waals surface area contributed by atoms with Gasteiger partial charge in [-0.05, 0) is 38.1 Å². The Hall–Kier alpha value is -0.550. The fourth-order valence-electron chi connectivity index (χ4n) is 1.48. The molecule has 1 aromatic rings. The Balaban J connectivity index is 3.04. The Labute approximate surface area is 118 Å². The van der Waals surface area contributed by atoms with Crippen molar-refractivity contribution in [3.05, 3.63) is 24.3 Å². The molecule has 0 spiro atoms. The lowest BCUT2D eigenvalue weighted by atomic mass is 10.1. The molecule has 102 valence electrons. The van der Waals surface area contributed by atoms with Gasteiger partial charge >= 0.3 is 0 Å². The summed E-state index contributed by atoms with van der Waals surface area (Å²) in [6.07, 6.45) is 0. The normalized spacial score (nSPS) is 12.5. The summed E-state index contributed by atoms with van der Waals surface area (Å²) in [7, 11) is -1.10. The number of halogens is 1. The van der Waals surface area contributed by atoms with Gasteiger partial charge in [-0.2, -0.15) is 0 Å². The minimum atomic E-state index is -3.11. The van der Waals surface area contributed by atoms with E-state index < -0.39 is 9.84 Å². The lowest BCUT2D eigenvalue weighted by Crippen LogP contribution is -2.42. The third kappa shape index (κ3) is 3.26. The fraction of sp³-hybridized carbons (Fsp3) is 0.538. The third-order valence-corrected chi connectivity index (χ3v) is 6.32. The molecule has 0 N–H and O–H groups in total. The summed E-state index contributed by atoms with van der Waals surface area (Å²) in [6.45, 7) is 5.90. The van der Waals surface area contributed by atoms with Crippen LogP contribution in [0.15, 0.2) is 29.2 Å². The van der Waals surface area contributed by atoms with Crippen LogP contribution < -0.4 is 4.90 Å². The van der Waals surface area contributed by atoms with Crippen molar-refractivity contribution >= 4 is 31.5 Å². The lowest BCUT2D eigenvalue weighted by Gasteiger charge is -2.36. The zero-order valence-corrected chi connectivity index (χ0v) is 13.7. The molecule has 0 saturated heterocycles. The van der Waals surface area contributed by atoms with Gasteiger partial charge in [0.2, 0.25) is 0 Å². The van der Waals surface area contributed by atoms with Gasteiger partial charge in [0, 0.05) is 23.6 Å². The van der Waals surface area contributed by atoms with E-state index in [0.29, 0.717) is 4.90 Å². The number of sulfone groups is 1. The summed E-state index contributed by atoms with van der Waals surface area (Å²) >= 11 is 3.49. The number of hydrogen-bond donors (Lipinski definition) is 0. The van der Waals surface area contributed by atoms with Crippen molar-refractivity contribution in [2.45, 2.75) is 31.2 Å². The Kier molecular flexibility index (Phi) is 4.84. The fourth-order valence-corrected chi connectivity index (χ4v) is 2.74. The average Bonchev–Trinajstić information content (AvgIpc) is 2.38. The van der Waals surface area contributed by atoms with Crippen LogP contribution in [0.2, 0.25) is 0 Å². The molecule has 1 rings (SSSR count). The van der Waals surface area contributed by atoms with Crippen LogP contribution in [0.3, 0.4) is 0 Å². The molecule has 0 aliphatic carbocycles. The molecule has 0 heterocycles. The maximum atomic E-state index is 11.7. The first-order chi connectivity index (χ1) is 8.24. The predicted octanol–water partition coefficient (Wildman–Crippen LogP) is 3.09. The number of nitrogens with zero attached hydrogens (tertiary/aromatic N) is 1. The summed E-state index contributed by atoms with van der Waals surface area (Å²) in [6, 6.07) is 7.06. The van der Waals surface area contributed by atoms with Crippen molar-refractivity contribution in [2.24, 2.45) is 0 Å². The molecule has 0 bridgehead atoms. The minimum absolute atomic E-state index is 0.0227. The van der Waals surface area contributed by atoms with Crippen LogP contribution in [-0.4, -0.2) is 32.1 Å². The van der Waals surface area contributed by atoms with E-state index in [1.54, 1.807) is 19.1 Å². The quantitative estimate of drug-likeness (QED) is 0.777. The van der Waals surface area contributed by atoms with Crippen molar-refractivity contribution in [3.8, 4) is 0 Å². The van der Waals surface area contributed by atoms with E-state index in [2.05, 4.69) is 34.7 Å². The molecular weight excluding hydrogens is 314 g/mol. The summed E-state index contributed by atoms with van der Waals surface area (Å²) in [5.41, 5.74) is 0.986. The molecule has 0 atom stereocenters. The van der Waals surface area contributed by atoms with Crippen molar-refractivity contribution < 1.29 is 8.42 Å². The third-order valence-electron chi connectivity index (χ3n) is 3.20. The van der Waals surface area contributed by atoms with Crippen LogP contribution in [0.25, 0.3) is 0 Å². The van der Waals surface area contributed by atoms with Gasteiger partial charge in [-0.1, -0.05) is 22.9 Å². The Morgan fingerprint density at radius 1 is 1.22 bits per heavy atom. The molecule has 0 aliphatic rings. The SMILES string of the molecule is CCS(=O)(=O)c1ccc(N(C)C(C)(C)CBr)cc1. The van der Waals surface area contributed by atoms with Gasteiger partial charge in [0.25, 0.3) is 0 Å². The smallest absolute Gasteiger partial charge is 0.178 e. The first-order valence-corrected chi connectivity index (χ1v) is 8.64. The lowest BCUT2D eigenvalue weighted by molar-refractivity contribution is 0.552. The zero-order valence-electron chi connectivity index (χ0n) is 11.3. The highest BCUT2D eigenvalue weighted by Crippen LogP contribution is 2.25. The van der Waals surface area contributed by atoms with Crippen molar-refractivity contribution in [3.63, 3.8) is 0 Å². The van der Waals surface area contributed by atoms with Crippen LogP contribution in [0.4, 0.5) is 5.69 Å². The van der Waals surface area contributed by atoms with E-state index in [9.17, 15) is 8.42 Å². The van der Waals surface area contributed by atoms with E-state index >= 15 is 0 Å². The standard InChI is InChI=1S/C13H20BrNO2S/c1-5-18(16,17)12-8-6-11(7-9-12)15(4)13(2,3)10-14/h6-9H,5,10H2,1-4H3. The highest BCUT2D eigenvalue weighted by molar-refractivity contribution is 9.09. The topological polar surface area (TPSA) is 37.4 Å². The zero-order chi connectivity index (χ0) is 14.0. The molecule has 18 heavy (non-hydrogen) atoms. The molecule has 0 saturated carbocycles. The average molecular weight is 334 g/mol. The summed E-state index contributed by atoms with van der Waals surface area (Å²) < 4.78 is 23.4. The van der Waals surface area contributed by atoms with E-state index in [0.717, 1.165) is 11.0 Å². The number of benzene rings is 1. The molecule has 0 aliphatic heterocycles. The molecule has 0 unspecified atom stereocenters. The number of anilines is 1. The van der Waals surface area contributed by atoms with Crippen LogP contribution in [-0.2, 0) is 9.84 Å². The summed E-state index contributed by atoms with van der Waals surface area (Å²) in [4.78, 5) is 2.52. The van der Waals surface area contributed by atoms with Crippen molar-refractivity contribution in [2.75, 3.05) is 23.0 Å². The van der Waals surface area contributed by atoms with E-state index in [4.69, 9.17) is 0 Å². The minimum Gasteiger partial charge on any atom is -0.369 e. The largest absolute Gasteiger partial charge is 0.369 e. The second-order valence-corrected chi connectivity index (χ2v) is 7.74. The maximum absolute atomic E-state index is 11.7. The molecular formula is C13H20BrNO2S. The Morgan fingerprint density at radius 2 is 1.72 bits per heavy atom. The van der Waals surface area contributed by atoms with Gasteiger partial charge in [-0.3, -0.25) is 0 Å². The number of hydrogen-bond acceptors (Lipinski definition) is 3. The summed E-state index contributed by atoms with van der Waals surface area (Å²) in [5.74, 6) is 0.134. The van der Waals surface area contributed by atoms with Crippen molar-refractivity contribution in [1.29, 1.82) is 0 Å². The first-order valence-electron chi connectivity index (χ1n) is 5.87. The molecule has 0 aromatic heterocycles. The van der Waals surface area contributed by atoms with E-state index in [-0.39, 0.29) is 11.3 Å². The van der Waals surface area contributed by atoms with Crippen molar-refractivity contribution in [1.82, 2.24) is 0 Å². The van der Waals surface area contributed by atoms with Crippen LogP contribution in [0.1, 0.15) is 20.8 Å². The number of rotatable bonds is 5. The van der Waals surface area contributed by atoms with Crippen LogP contribution in [0, 0.1) is 0 Å².